The van der Waals surface area contributed by atoms with E-state index in [1.54, 1.807) is 42.7 Å². The lowest BCUT2D eigenvalue weighted by molar-refractivity contribution is 0.0586. The molecule has 0 radical (unpaired) electrons. The molecule has 32 heavy (non-hydrogen) atoms. The molecule has 3 aromatic rings. The Bertz CT molecular complexity index is 1150. The summed E-state index contributed by atoms with van der Waals surface area (Å²) >= 11 is 0. The van der Waals surface area contributed by atoms with Gasteiger partial charge < -0.3 is 5.32 Å². The summed E-state index contributed by atoms with van der Waals surface area (Å²) in [5, 5.41) is 8.18. The number of amides is 2. The molecule has 1 aromatic carbocycles. The lowest BCUT2D eigenvalue weighted by Gasteiger charge is -2.22. The molecule has 0 spiro atoms. The summed E-state index contributed by atoms with van der Waals surface area (Å²) in [6.07, 6.45) is 5.76. The molecule has 8 nitrogen and oxygen atoms in total. The Morgan fingerprint density at radius 2 is 1.62 bits per heavy atom. The van der Waals surface area contributed by atoms with Crippen molar-refractivity contribution >= 4 is 23.6 Å². The minimum atomic E-state index is -0.240. The summed E-state index contributed by atoms with van der Waals surface area (Å²) in [7, 11) is 0. The maximum Gasteiger partial charge on any atom is 0.261 e. The minimum absolute atomic E-state index is 0.110. The number of carbonyl (C=O) groups is 2. The van der Waals surface area contributed by atoms with Gasteiger partial charge in [0.25, 0.3) is 11.8 Å². The van der Waals surface area contributed by atoms with Crippen LogP contribution in [-0.2, 0) is 5.54 Å². The summed E-state index contributed by atoms with van der Waals surface area (Å²) in [4.78, 5) is 35.8. The standard InChI is InChI=1S/C24H26N6O2/c1-24(2,3)30-20(27-23-25-11-6-12-26-23)14-19(28-30)15-9-10-16(13-15)29-21(31)17-7-4-5-8-18(17)22(29)32/h4-8,11-12,14-16H,9-10,13H2,1-3H3,(H,25,26,27)/t15-,16+/m0/s1. The SMILES string of the molecule is CC(C)(C)n1nc([C@H]2CC[C@@H](N3C(=O)c4ccccc4C3=O)C2)cc1Nc1ncccn1. The van der Waals surface area contributed by atoms with Gasteiger partial charge in [0.2, 0.25) is 5.95 Å². The van der Waals surface area contributed by atoms with Crippen LogP contribution in [0.4, 0.5) is 11.8 Å². The van der Waals surface area contributed by atoms with Crippen molar-refractivity contribution in [3.8, 4) is 0 Å². The molecule has 8 heteroatoms. The molecule has 0 unspecified atom stereocenters. The normalized spacial score (nSPS) is 20.7. The highest BCUT2D eigenvalue weighted by Crippen LogP contribution is 2.40. The molecule has 1 aliphatic carbocycles. The first kappa shape index (κ1) is 20.4. The van der Waals surface area contributed by atoms with Crippen molar-refractivity contribution in [2.45, 2.75) is 57.5 Å². The fourth-order valence-corrected chi connectivity index (χ4v) is 4.68. The molecule has 1 saturated carbocycles. The van der Waals surface area contributed by atoms with Gasteiger partial charge in [0, 0.05) is 30.4 Å². The number of hydrogen-bond acceptors (Lipinski definition) is 6. The van der Waals surface area contributed by atoms with Crippen LogP contribution in [0, 0.1) is 0 Å². The van der Waals surface area contributed by atoms with E-state index in [1.165, 1.54) is 4.90 Å². The van der Waals surface area contributed by atoms with Crippen LogP contribution in [0.2, 0.25) is 0 Å². The molecule has 164 valence electrons. The van der Waals surface area contributed by atoms with Crippen molar-refractivity contribution in [3.63, 3.8) is 0 Å². The molecule has 1 fully saturated rings. The van der Waals surface area contributed by atoms with E-state index in [0.717, 1.165) is 24.4 Å². The smallest absolute Gasteiger partial charge is 0.261 e. The quantitative estimate of drug-likeness (QED) is 0.627. The van der Waals surface area contributed by atoms with Crippen LogP contribution in [0.1, 0.15) is 72.4 Å². The Hall–Kier alpha value is -3.55. The van der Waals surface area contributed by atoms with E-state index in [1.807, 2.05) is 10.7 Å². The van der Waals surface area contributed by atoms with Crippen molar-refractivity contribution in [1.29, 1.82) is 0 Å². The number of nitrogens with zero attached hydrogens (tertiary/aromatic N) is 5. The minimum Gasteiger partial charge on any atom is -0.309 e. The van der Waals surface area contributed by atoms with Gasteiger partial charge in [-0.25, -0.2) is 14.6 Å². The maximum atomic E-state index is 12.9. The molecular weight excluding hydrogens is 404 g/mol. The van der Waals surface area contributed by atoms with Crippen LogP contribution >= 0.6 is 0 Å². The lowest BCUT2D eigenvalue weighted by atomic mass is 10.0. The summed E-state index contributed by atoms with van der Waals surface area (Å²) < 4.78 is 1.95. The zero-order valence-corrected chi connectivity index (χ0v) is 18.4. The molecule has 2 aromatic heterocycles. The van der Waals surface area contributed by atoms with Gasteiger partial charge in [-0.1, -0.05) is 12.1 Å². The third kappa shape index (κ3) is 3.45. The Labute approximate surface area is 186 Å². The van der Waals surface area contributed by atoms with Gasteiger partial charge in [0.1, 0.15) is 5.82 Å². The fourth-order valence-electron chi connectivity index (χ4n) is 4.68. The topological polar surface area (TPSA) is 93.0 Å². The second-order valence-corrected chi connectivity index (χ2v) is 9.42. The summed E-state index contributed by atoms with van der Waals surface area (Å²) in [5.74, 6) is 1.15. The van der Waals surface area contributed by atoms with Gasteiger partial charge in [-0.05, 0) is 58.2 Å². The van der Waals surface area contributed by atoms with E-state index in [2.05, 4.69) is 36.1 Å². The van der Waals surface area contributed by atoms with Gasteiger partial charge >= 0.3 is 0 Å². The molecule has 1 aliphatic heterocycles. The Morgan fingerprint density at radius 3 is 2.25 bits per heavy atom. The van der Waals surface area contributed by atoms with E-state index in [9.17, 15) is 9.59 Å². The van der Waals surface area contributed by atoms with Crippen molar-refractivity contribution in [2.75, 3.05) is 5.32 Å². The van der Waals surface area contributed by atoms with E-state index < -0.39 is 0 Å². The number of fused-ring (bicyclic) bond motifs is 1. The first-order chi connectivity index (χ1) is 15.3. The Balaban J connectivity index is 1.39. The number of anilines is 2. The van der Waals surface area contributed by atoms with Gasteiger partial charge in [-0.15, -0.1) is 0 Å². The number of imide groups is 1. The number of benzene rings is 1. The van der Waals surface area contributed by atoms with Crippen LogP contribution in [0.3, 0.4) is 0 Å². The van der Waals surface area contributed by atoms with Gasteiger partial charge in [0.05, 0.1) is 22.4 Å². The van der Waals surface area contributed by atoms with Crippen molar-refractivity contribution in [2.24, 2.45) is 0 Å². The van der Waals surface area contributed by atoms with Crippen molar-refractivity contribution in [1.82, 2.24) is 24.6 Å². The first-order valence-corrected chi connectivity index (χ1v) is 10.9. The molecule has 1 N–H and O–H groups in total. The number of aromatic nitrogens is 4. The molecule has 0 bridgehead atoms. The predicted octanol–water partition coefficient (Wildman–Crippen LogP) is 4.10. The van der Waals surface area contributed by atoms with E-state index in [0.29, 0.717) is 23.5 Å². The maximum absolute atomic E-state index is 12.9. The molecule has 3 heterocycles. The van der Waals surface area contributed by atoms with Crippen LogP contribution in [0.25, 0.3) is 0 Å². The number of rotatable bonds is 4. The zero-order valence-electron chi connectivity index (χ0n) is 18.4. The molecule has 5 rings (SSSR count). The molecule has 0 saturated heterocycles. The number of carbonyl (C=O) groups excluding carboxylic acids is 2. The molecule has 2 atom stereocenters. The van der Waals surface area contributed by atoms with Crippen LogP contribution in [0.5, 0.6) is 0 Å². The lowest BCUT2D eigenvalue weighted by Crippen LogP contribution is -2.38. The van der Waals surface area contributed by atoms with E-state index in [-0.39, 0.29) is 29.3 Å². The molecular formula is C24H26N6O2. The van der Waals surface area contributed by atoms with Crippen LogP contribution < -0.4 is 5.32 Å². The van der Waals surface area contributed by atoms with Gasteiger partial charge in [-0.2, -0.15) is 5.10 Å². The van der Waals surface area contributed by atoms with E-state index in [4.69, 9.17) is 5.10 Å². The number of nitrogens with one attached hydrogen (secondary N) is 1. The number of hydrogen-bond donors (Lipinski definition) is 1. The van der Waals surface area contributed by atoms with Crippen molar-refractivity contribution < 1.29 is 9.59 Å². The molecule has 2 amide bonds. The first-order valence-electron chi connectivity index (χ1n) is 10.9. The zero-order chi connectivity index (χ0) is 22.5. The average Bonchev–Trinajstić information content (AvgIpc) is 3.46. The average molecular weight is 431 g/mol. The summed E-state index contributed by atoms with van der Waals surface area (Å²) in [6, 6.07) is 10.8. The second kappa shape index (κ2) is 7.55. The fraction of sp³-hybridized carbons (Fsp3) is 0.375. The van der Waals surface area contributed by atoms with Crippen LogP contribution in [-0.4, -0.2) is 42.5 Å². The molecule has 2 aliphatic rings. The van der Waals surface area contributed by atoms with Gasteiger partial charge in [0.15, 0.2) is 0 Å². The summed E-state index contributed by atoms with van der Waals surface area (Å²) in [5.41, 5.74) is 1.73. The third-order valence-electron chi connectivity index (χ3n) is 6.18. The second-order valence-electron chi connectivity index (χ2n) is 9.42. The largest absolute Gasteiger partial charge is 0.309 e. The monoisotopic (exact) mass is 430 g/mol. The summed E-state index contributed by atoms with van der Waals surface area (Å²) in [6.45, 7) is 6.28. The highest BCUT2D eigenvalue weighted by Gasteiger charge is 2.43. The highest BCUT2D eigenvalue weighted by atomic mass is 16.2. The third-order valence-corrected chi connectivity index (χ3v) is 6.18. The predicted molar refractivity (Wildman–Crippen MR) is 120 cm³/mol. The van der Waals surface area contributed by atoms with Crippen molar-refractivity contribution in [3.05, 3.63) is 65.6 Å². The highest BCUT2D eigenvalue weighted by molar-refractivity contribution is 6.21. The van der Waals surface area contributed by atoms with Gasteiger partial charge in [-0.3, -0.25) is 14.5 Å². The van der Waals surface area contributed by atoms with E-state index >= 15 is 0 Å². The Morgan fingerprint density at radius 1 is 0.969 bits per heavy atom. The van der Waals surface area contributed by atoms with Crippen LogP contribution in [0.15, 0.2) is 48.8 Å². The Kier molecular flexibility index (Phi) is 4.80.